The van der Waals surface area contributed by atoms with E-state index in [2.05, 4.69) is 20.4 Å². The van der Waals surface area contributed by atoms with Crippen molar-refractivity contribution < 1.29 is 14.3 Å². The number of ether oxygens (including phenoxy) is 2. The van der Waals surface area contributed by atoms with E-state index in [-0.39, 0.29) is 12.5 Å². The van der Waals surface area contributed by atoms with Crippen molar-refractivity contribution in [2.24, 2.45) is 0 Å². The summed E-state index contributed by atoms with van der Waals surface area (Å²) in [6, 6.07) is 11.2. The minimum atomic E-state index is -0.313. The average Bonchev–Trinajstić information content (AvgIpc) is 3.12. The Morgan fingerprint density at radius 3 is 2.65 bits per heavy atom. The Morgan fingerprint density at radius 1 is 1.19 bits per heavy atom. The zero-order chi connectivity index (χ0) is 18.4. The number of methoxy groups -OCH3 is 2. The minimum absolute atomic E-state index is 0.0902. The molecule has 2 aromatic heterocycles. The van der Waals surface area contributed by atoms with E-state index in [1.165, 1.54) is 11.8 Å². The SMILES string of the molecule is COCC(=O)n1nc(-c2cccnc2)nc1NCc1ccc(OC)cc1. The molecule has 0 aliphatic rings. The lowest BCUT2D eigenvalue weighted by molar-refractivity contribution is 0.0748. The summed E-state index contributed by atoms with van der Waals surface area (Å²) >= 11 is 0. The topological polar surface area (TPSA) is 91.2 Å². The molecule has 26 heavy (non-hydrogen) atoms. The van der Waals surface area contributed by atoms with Gasteiger partial charge in [-0.05, 0) is 29.8 Å². The Bertz CT molecular complexity index is 862. The molecule has 0 aliphatic heterocycles. The monoisotopic (exact) mass is 353 g/mol. The molecule has 0 radical (unpaired) electrons. The second-order valence-electron chi connectivity index (χ2n) is 5.44. The fourth-order valence-corrected chi connectivity index (χ4v) is 2.33. The standard InChI is InChI=1S/C18H19N5O3/c1-25-12-16(24)23-18(20-10-13-5-7-15(26-2)8-6-13)21-17(22-23)14-4-3-9-19-11-14/h3-9,11H,10,12H2,1-2H3,(H,20,21,22). The summed E-state index contributed by atoms with van der Waals surface area (Å²) in [4.78, 5) is 20.8. The molecule has 3 rings (SSSR count). The Labute approximate surface area is 150 Å². The fraction of sp³-hybridized carbons (Fsp3) is 0.222. The first kappa shape index (κ1) is 17.6. The van der Waals surface area contributed by atoms with E-state index in [4.69, 9.17) is 9.47 Å². The molecular weight excluding hydrogens is 334 g/mol. The zero-order valence-electron chi connectivity index (χ0n) is 14.5. The van der Waals surface area contributed by atoms with E-state index < -0.39 is 0 Å². The fourth-order valence-electron chi connectivity index (χ4n) is 2.33. The smallest absolute Gasteiger partial charge is 0.276 e. The van der Waals surface area contributed by atoms with Crippen molar-refractivity contribution in [2.75, 3.05) is 26.1 Å². The van der Waals surface area contributed by atoms with Crippen molar-refractivity contribution in [3.05, 3.63) is 54.4 Å². The highest BCUT2D eigenvalue weighted by atomic mass is 16.5. The van der Waals surface area contributed by atoms with Gasteiger partial charge in [-0.15, -0.1) is 5.10 Å². The normalized spacial score (nSPS) is 10.5. The molecule has 0 saturated carbocycles. The highest BCUT2D eigenvalue weighted by Crippen LogP contribution is 2.18. The molecule has 8 nitrogen and oxygen atoms in total. The number of nitrogens with zero attached hydrogens (tertiary/aromatic N) is 4. The Balaban J connectivity index is 1.83. The first-order valence-electron chi connectivity index (χ1n) is 7.97. The first-order chi connectivity index (χ1) is 12.7. The first-order valence-corrected chi connectivity index (χ1v) is 7.97. The molecule has 2 heterocycles. The second kappa shape index (κ2) is 8.21. The zero-order valence-corrected chi connectivity index (χ0v) is 14.5. The van der Waals surface area contributed by atoms with Gasteiger partial charge in [0.25, 0.3) is 5.91 Å². The maximum absolute atomic E-state index is 12.3. The number of carbonyl (C=O) groups excluding carboxylic acids is 1. The molecule has 134 valence electrons. The van der Waals surface area contributed by atoms with E-state index in [1.54, 1.807) is 25.6 Å². The molecule has 0 bridgehead atoms. The van der Waals surface area contributed by atoms with Crippen LogP contribution in [0.5, 0.6) is 5.75 Å². The van der Waals surface area contributed by atoms with E-state index >= 15 is 0 Å². The van der Waals surface area contributed by atoms with Gasteiger partial charge in [0.1, 0.15) is 12.4 Å². The molecule has 0 amide bonds. The third-order valence-corrected chi connectivity index (χ3v) is 3.64. The summed E-state index contributed by atoms with van der Waals surface area (Å²) in [6.07, 6.45) is 3.31. The third-order valence-electron chi connectivity index (χ3n) is 3.64. The van der Waals surface area contributed by atoms with Gasteiger partial charge < -0.3 is 14.8 Å². The summed E-state index contributed by atoms with van der Waals surface area (Å²) in [5, 5.41) is 7.44. The molecule has 0 fully saturated rings. The maximum atomic E-state index is 12.3. The molecule has 8 heteroatoms. The maximum Gasteiger partial charge on any atom is 0.276 e. The lowest BCUT2D eigenvalue weighted by atomic mass is 10.2. The van der Waals surface area contributed by atoms with E-state index in [0.717, 1.165) is 16.9 Å². The van der Waals surface area contributed by atoms with Gasteiger partial charge in [0.05, 0.1) is 7.11 Å². The van der Waals surface area contributed by atoms with E-state index in [0.29, 0.717) is 18.3 Å². The summed E-state index contributed by atoms with van der Waals surface area (Å²) in [7, 11) is 3.08. The van der Waals surface area contributed by atoms with Crippen molar-refractivity contribution in [3.63, 3.8) is 0 Å². The predicted octanol–water partition coefficient (Wildman–Crippen LogP) is 2.25. The van der Waals surface area contributed by atoms with Gasteiger partial charge in [-0.3, -0.25) is 9.78 Å². The van der Waals surface area contributed by atoms with Crippen LogP contribution in [0.15, 0.2) is 48.8 Å². The van der Waals surface area contributed by atoms with E-state index in [9.17, 15) is 4.79 Å². The number of pyridine rings is 1. The van der Waals surface area contributed by atoms with Crippen LogP contribution in [0.1, 0.15) is 10.4 Å². The Hall–Kier alpha value is -3.26. The molecule has 1 aromatic carbocycles. The second-order valence-corrected chi connectivity index (χ2v) is 5.44. The van der Waals surface area contributed by atoms with Crippen LogP contribution in [0, 0.1) is 0 Å². The molecule has 1 N–H and O–H groups in total. The van der Waals surface area contributed by atoms with Crippen LogP contribution in [0.4, 0.5) is 5.95 Å². The van der Waals surface area contributed by atoms with Crippen LogP contribution in [-0.2, 0) is 11.3 Å². The number of benzene rings is 1. The molecule has 0 unspecified atom stereocenters. The molecule has 3 aromatic rings. The van der Waals surface area contributed by atoms with Gasteiger partial charge in [-0.25, -0.2) is 0 Å². The van der Waals surface area contributed by atoms with Gasteiger partial charge in [-0.2, -0.15) is 9.67 Å². The van der Waals surface area contributed by atoms with Crippen molar-refractivity contribution in [2.45, 2.75) is 6.54 Å². The molecule has 0 spiro atoms. The largest absolute Gasteiger partial charge is 0.497 e. The molecule has 0 saturated heterocycles. The van der Waals surface area contributed by atoms with Gasteiger partial charge in [0.2, 0.25) is 5.95 Å². The quantitative estimate of drug-likeness (QED) is 0.696. The summed E-state index contributed by atoms with van der Waals surface area (Å²) in [6.45, 7) is 0.391. The lowest BCUT2D eigenvalue weighted by Crippen LogP contribution is -2.20. The molecule has 0 atom stereocenters. The number of hydrogen-bond acceptors (Lipinski definition) is 7. The predicted molar refractivity (Wildman–Crippen MR) is 96.1 cm³/mol. The van der Waals surface area contributed by atoms with Gasteiger partial charge in [-0.1, -0.05) is 12.1 Å². The summed E-state index contributed by atoms with van der Waals surface area (Å²) in [5.74, 6) is 1.24. The van der Waals surface area contributed by atoms with Gasteiger partial charge in [0, 0.05) is 31.6 Å². The van der Waals surface area contributed by atoms with Crippen LogP contribution in [0.25, 0.3) is 11.4 Å². The number of hydrogen-bond donors (Lipinski definition) is 1. The Morgan fingerprint density at radius 2 is 2.00 bits per heavy atom. The van der Waals surface area contributed by atoms with Crippen molar-refractivity contribution in [1.29, 1.82) is 0 Å². The Kier molecular flexibility index (Phi) is 5.55. The summed E-state index contributed by atoms with van der Waals surface area (Å²) < 4.78 is 11.3. The number of nitrogens with one attached hydrogen (secondary N) is 1. The average molecular weight is 353 g/mol. The van der Waals surface area contributed by atoms with Crippen LogP contribution in [0.3, 0.4) is 0 Å². The molecular formula is C18H19N5O3. The van der Waals surface area contributed by atoms with Crippen LogP contribution in [-0.4, -0.2) is 46.5 Å². The van der Waals surface area contributed by atoms with Crippen LogP contribution in [0.2, 0.25) is 0 Å². The van der Waals surface area contributed by atoms with Gasteiger partial charge in [0.15, 0.2) is 5.82 Å². The summed E-state index contributed by atoms with van der Waals surface area (Å²) in [5.41, 5.74) is 1.74. The van der Waals surface area contributed by atoms with Crippen molar-refractivity contribution >= 4 is 11.9 Å². The highest BCUT2D eigenvalue weighted by Gasteiger charge is 2.17. The lowest BCUT2D eigenvalue weighted by Gasteiger charge is -2.07. The number of rotatable bonds is 7. The van der Waals surface area contributed by atoms with E-state index in [1.807, 2.05) is 30.3 Å². The van der Waals surface area contributed by atoms with Crippen LogP contribution >= 0.6 is 0 Å². The number of anilines is 1. The number of carbonyl (C=O) groups is 1. The third kappa shape index (κ3) is 4.04. The van der Waals surface area contributed by atoms with Crippen molar-refractivity contribution in [3.8, 4) is 17.1 Å². The highest BCUT2D eigenvalue weighted by molar-refractivity contribution is 5.82. The van der Waals surface area contributed by atoms with Crippen LogP contribution < -0.4 is 10.1 Å². The van der Waals surface area contributed by atoms with Crippen molar-refractivity contribution in [1.82, 2.24) is 19.7 Å². The number of aromatic nitrogens is 4. The van der Waals surface area contributed by atoms with Gasteiger partial charge >= 0.3 is 0 Å². The minimum Gasteiger partial charge on any atom is -0.497 e. The molecule has 0 aliphatic carbocycles.